The molecule has 0 aliphatic rings. The van der Waals surface area contributed by atoms with E-state index in [1.165, 1.54) is 11.6 Å². The lowest BCUT2D eigenvalue weighted by Crippen LogP contribution is -2.27. The summed E-state index contributed by atoms with van der Waals surface area (Å²) in [4.78, 5) is 28.4. The summed E-state index contributed by atoms with van der Waals surface area (Å²) in [5.41, 5.74) is 3.45. The van der Waals surface area contributed by atoms with Gasteiger partial charge in [-0.15, -0.1) is 0 Å². The van der Waals surface area contributed by atoms with E-state index in [0.29, 0.717) is 18.0 Å². The molecule has 0 unspecified atom stereocenters. The van der Waals surface area contributed by atoms with Gasteiger partial charge in [0.15, 0.2) is 5.58 Å². The van der Waals surface area contributed by atoms with Crippen LogP contribution in [0.1, 0.15) is 44.3 Å². The number of benzene rings is 1. The quantitative estimate of drug-likeness (QED) is 0.751. The molecule has 142 valence electrons. The molecule has 0 aliphatic heterocycles. The zero-order chi connectivity index (χ0) is 19.6. The third-order valence-electron chi connectivity index (χ3n) is 4.57. The third-order valence-corrected chi connectivity index (χ3v) is 4.57. The molecule has 1 amide bonds. The van der Waals surface area contributed by atoms with E-state index in [0.717, 1.165) is 11.2 Å². The molecule has 2 aromatic heterocycles. The summed E-state index contributed by atoms with van der Waals surface area (Å²) in [6.07, 6.45) is 0.221. The zero-order valence-corrected chi connectivity index (χ0v) is 16.2. The Morgan fingerprint density at radius 1 is 1.22 bits per heavy atom. The van der Waals surface area contributed by atoms with Gasteiger partial charge in [0, 0.05) is 24.7 Å². The first-order valence-electron chi connectivity index (χ1n) is 9.07. The van der Waals surface area contributed by atoms with Crippen LogP contribution in [-0.4, -0.2) is 15.5 Å². The van der Waals surface area contributed by atoms with Crippen LogP contribution in [0.2, 0.25) is 0 Å². The van der Waals surface area contributed by atoms with Gasteiger partial charge in [-0.1, -0.05) is 32.9 Å². The van der Waals surface area contributed by atoms with Crippen molar-refractivity contribution in [1.29, 1.82) is 0 Å². The van der Waals surface area contributed by atoms with Gasteiger partial charge in [0.1, 0.15) is 5.52 Å². The Morgan fingerprint density at radius 3 is 2.70 bits per heavy atom. The van der Waals surface area contributed by atoms with Gasteiger partial charge < -0.3 is 14.3 Å². The number of aromatic nitrogens is 2. The number of fused-ring (bicyclic) bond motifs is 1. The number of rotatable bonds is 5. The molecular formula is C21H25N3O3. The summed E-state index contributed by atoms with van der Waals surface area (Å²) in [6.45, 7) is 8.86. The fourth-order valence-corrected chi connectivity index (χ4v) is 2.90. The minimum atomic E-state index is -0.150. The fraction of sp³-hybridized carbons (Fsp3) is 0.381. The van der Waals surface area contributed by atoms with Crippen molar-refractivity contribution >= 4 is 17.0 Å². The second-order valence-corrected chi connectivity index (χ2v) is 7.72. The molecular weight excluding hydrogens is 342 g/mol. The van der Waals surface area contributed by atoms with Crippen molar-refractivity contribution in [1.82, 2.24) is 14.9 Å². The number of carbonyl (C=O) groups excluding carboxylic acids is 1. The van der Waals surface area contributed by atoms with Crippen LogP contribution in [0, 0.1) is 6.92 Å². The standard InChI is InChI=1S/C21H25N3O3/c1-14-6-5-7-20(26)24(14)11-10-18(25)22-13-19-23-16-12-15(21(2,3)4)8-9-17(16)27-19/h5-9,12H,10-11,13H2,1-4H3,(H,22,25). The highest BCUT2D eigenvalue weighted by molar-refractivity contribution is 5.76. The van der Waals surface area contributed by atoms with E-state index in [-0.39, 0.29) is 29.8 Å². The number of hydrogen-bond acceptors (Lipinski definition) is 4. The number of amides is 1. The van der Waals surface area contributed by atoms with Gasteiger partial charge in [-0.25, -0.2) is 4.98 Å². The highest BCUT2D eigenvalue weighted by Gasteiger charge is 2.16. The number of nitrogens with one attached hydrogen (secondary N) is 1. The highest BCUT2D eigenvalue weighted by atomic mass is 16.3. The second-order valence-electron chi connectivity index (χ2n) is 7.72. The SMILES string of the molecule is Cc1cccc(=O)n1CCC(=O)NCc1nc2cc(C(C)(C)C)ccc2o1. The molecule has 6 heteroatoms. The Bertz CT molecular complexity index is 1030. The van der Waals surface area contributed by atoms with Gasteiger partial charge in [-0.3, -0.25) is 9.59 Å². The van der Waals surface area contributed by atoms with E-state index in [1.54, 1.807) is 10.6 Å². The predicted octanol–water partition coefficient (Wildman–Crippen LogP) is 3.30. The normalized spacial score (nSPS) is 11.7. The maximum Gasteiger partial charge on any atom is 0.250 e. The summed E-state index contributed by atoms with van der Waals surface area (Å²) in [7, 11) is 0. The largest absolute Gasteiger partial charge is 0.439 e. The molecule has 3 rings (SSSR count). The molecule has 0 radical (unpaired) electrons. The van der Waals surface area contributed by atoms with E-state index in [2.05, 4.69) is 31.1 Å². The van der Waals surface area contributed by atoms with Crippen LogP contribution >= 0.6 is 0 Å². The lowest BCUT2D eigenvalue weighted by Gasteiger charge is -2.18. The monoisotopic (exact) mass is 367 g/mol. The zero-order valence-electron chi connectivity index (χ0n) is 16.2. The molecule has 0 saturated heterocycles. The molecule has 0 bridgehead atoms. The van der Waals surface area contributed by atoms with E-state index >= 15 is 0 Å². The molecule has 1 N–H and O–H groups in total. The number of pyridine rings is 1. The summed E-state index contributed by atoms with van der Waals surface area (Å²) < 4.78 is 7.30. The Hall–Kier alpha value is -2.89. The Labute approximate surface area is 158 Å². The number of oxazole rings is 1. The second kappa shape index (κ2) is 7.39. The molecule has 1 aromatic carbocycles. The average Bonchev–Trinajstić information content (AvgIpc) is 3.01. The van der Waals surface area contributed by atoms with Crippen LogP contribution in [0.15, 0.2) is 45.6 Å². The molecule has 0 fully saturated rings. The van der Waals surface area contributed by atoms with Crippen LogP contribution < -0.4 is 10.9 Å². The van der Waals surface area contributed by atoms with Crippen molar-refractivity contribution in [2.75, 3.05) is 0 Å². The minimum absolute atomic E-state index is 0.0369. The first-order valence-corrected chi connectivity index (χ1v) is 9.07. The van der Waals surface area contributed by atoms with E-state index in [1.807, 2.05) is 31.2 Å². The lowest BCUT2D eigenvalue weighted by molar-refractivity contribution is -0.121. The molecule has 3 aromatic rings. The van der Waals surface area contributed by atoms with Crippen molar-refractivity contribution in [2.24, 2.45) is 0 Å². The lowest BCUT2D eigenvalue weighted by atomic mass is 9.87. The van der Waals surface area contributed by atoms with Gasteiger partial charge in [-0.2, -0.15) is 0 Å². The van der Waals surface area contributed by atoms with Gasteiger partial charge in [-0.05, 0) is 36.1 Å². The Balaban J connectivity index is 1.61. The average molecular weight is 367 g/mol. The summed E-state index contributed by atoms with van der Waals surface area (Å²) >= 11 is 0. The van der Waals surface area contributed by atoms with Crippen molar-refractivity contribution in [3.8, 4) is 0 Å². The molecule has 0 atom stereocenters. The van der Waals surface area contributed by atoms with Gasteiger partial charge in [0.25, 0.3) is 5.56 Å². The molecule has 2 heterocycles. The summed E-state index contributed by atoms with van der Waals surface area (Å²) in [5.74, 6) is 0.320. The van der Waals surface area contributed by atoms with Gasteiger partial charge >= 0.3 is 0 Å². The molecule has 0 aliphatic carbocycles. The number of hydrogen-bond donors (Lipinski definition) is 1. The van der Waals surface area contributed by atoms with Crippen LogP contribution in [-0.2, 0) is 23.3 Å². The van der Waals surface area contributed by atoms with Gasteiger partial charge in [0.2, 0.25) is 11.8 Å². The van der Waals surface area contributed by atoms with Crippen LogP contribution in [0.5, 0.6) is 0 Å². The van der Waals surface area contributed by atoms with Crippen molar-refractivity contribution in [2.45, 2.75) is 52.6 Å². The molecule has 0 spiro atoms. The van der Waals surface area contributed by atoms with Crippen molar-refractivity contribution in [3.05, 3.63) is 63.9 Å². The maximum atomic E-state index is 12.1. The summed E-state index contributed by atoms with van der Waals surface area (Å²) in [6, 6.07) is 11.0. The molecule has 0 saturated carbocycles. The van der Waals surface area contributed by atoms with Crippen LogP contribution in [0.4, 0.5) is 0 Å². The smallest absolute Gasteiger partial charge is 0.250 e. The molecule has 27 heavy (non-hydrogen) atoms. The third kappa shape index (κ3) is 4.45. The van der Waals surface area contributed by atoms with Crippen LogP contribution in [0.3, 0.4) is 0 Å². The summed E-state index contributed by atoms with van der Waals surface area (Å²) in [5, 5.41) is 2.80. The van der Waals surface area contributed by atoms with Crippen LogP contribution in [0.25, 0.3) is 11.1 Å². The minimum Gasteiger partial charge on any atom is -0.439 e. The first kappa shape index (κ1) is 18.9. The van der Waals surface area contributed by atoms with Crippen molar-refractivity contribution in [3.63, 3.8) is 0 Å². The van der Waals surface area contributed by atoms with E-state index < -0.39 is 0 Å². The fourth-order valence-electron chi connectivity index (χ4n) is 2.90. The Morgan fingerprint density at radius 2 is 2.00 bits per heavy atom. The topological polar surface area (TPSA) is 77.1 Å². The predicted molar refractivity (Wildman–Crippen MR) is 105 cm³/mol. The number of aryl methyl sites for hydroxylation is 1. The first-order chi connectivity index (χ1) is 12.7. The van der Waals surface area contributed by atoms with Gasteiger partial charge in [0.05, 0.1) is 6.54 Å². The number of nitrogens with zero attached hydrogens (tertiary/aromatic N) is 2. The number of carbonyl (C=O) groups is 1. The van der Waals surface area contributed by atoms with Crippen molar-refractivity contribution < 1.29 is 9.21 Å². The van der Waals surface area contributed by atoms with E-state index in [9.17, 15) is 9.59 Å². The maximum absolute atomic E-state index is 12.1. The van der Waals surface area contributed by atoms with E-state index in [4.69, 9.17) is 4.42 Å². The highest BCUT2D eigenvalue weighted by Crippen LogP contribution is 2.26. The molecule has 6 nitrogen and oxygen atoms in total. The Kier molecular flexibility index (Phi) is 5.17.